The number of nitrogens with zero attached hydrogens (tertiary/aromatic N) is 3. The third kappa shape index (κ3) is 4.15. The van der Waals surface area contributed by atoms with E-state index < -0.39 is 9.84 Å². The zero-order chi connectivity index (χ0) is 17.0. The molecule has 1 unspecified atom stereocenters. The summed E-state index contributed by atoms with van der Waals surface area (Å²) >= 11 is 0. The molecule has 0 N–H and O–H groups in total. The van der Waals surface area contributed by atoms with Crippen molar-refractivity contribution in [2.45, 2.75) is 36.6 Å². The molecule has 3 rings (SSSR count). The van der Waals surface area contributed by atoms with Crippen LogP contribution in [-0.2, 0) is 9.84 Å². The van der Waals surface area contributed by atoms with E-state index in [0.717, 1.165) is 19.5 Å². The van der Waals surface area contributed by atoms with Gasteiger partial charge in [-0.2, -0.15) is 5.26 Å². The van der Waals surface area contributed by atoms with Crippen molar-refractivity contribution >= 4 is 9.84 Å². The first-order valence-electron chi connectivity index (χ1n) is 8.78. The van der Waals surface area contributed by atoms with Crippen LogP contribution in [0.25, 0.3) is 0 Å². The molecule has 130 valence electrons. The van der Waals surface area contributed by atoms with E-state index in [2.05, 4.69) is 9.80 Å². The minimum atomic E-state index is -3.29. The molecule has 0 amide bonds. The molecule has 2 aliphatic rings. The summed E-state index contributed by atoms with van der Waals surface area (Å²) in [5, 5.41) is 8.81. The Kier molecular flexibility index (Phi) is 5.54. The zero-order valence-corrected chi connectivity index (χ0v) is 14.8. The highest BCUT2D eigenvalue weighted by atomic mass is 32.2. The molecular formula is C18H25N3O2S. The van der Waals surface area contributed by atoms with Crippen LogP contribution in [0.2, 0.25) is 0 Å². The third-order valence-corrected chi connectivity index (χ3v) is 6.87. The molecule has 2 saturated heterocycles. The van der Waals surface area contributed by atoms with Gasteiger partial charge in [0.15, 0.2) is 9.84 Å². The minimum Gasteiger partial charge on any atom is -0.301 e. The van der Waals surface area contributed by atoms with Gasteiger partial charge in [-0.15, -0.1) is 0 Å². The van der Waals surface area contributed by atoms with Crippen LogP contribution in [0.5, 0.6) is 0 Å². The molecule has 24 heavy (non-hydrogen) atoms. The summed E-state index contributed by atoms with van der Waals surface area (Å²) in [5.74, 6) is 0.144. The lowest BCUT2D eigenvalue weighted by Crippen LogP contribution is -2.47. The monoisotopic (exact) mass is 347 g/mol. The van der Waals surface area contributed by atoms with Gasteiger partial charge in [0, 0.05) is 19.1 Å². The second kappa shape index (κ2) is 7.64. The minimum absolute atomic E-state index is 0.144. The van der Waals surface area contributed by atoms with Crippen molar-refractivity contribution in [2.75, 3.05) is 38.5 Å². The summed E-state index contributed by atoms with van der Waals surface area (Å²) in [6, 6.07) is 8.82. The van der Waals surface area contributed by atoms with Crippen molar-refractivity contribution in [3.63, 3.8) is 0 Å². The fourth-order valence-electron chi connectivity index (χ4n) is 3.74. The van der Waals surface area contributed by atoms with Crippen LogP contribution in [0.15, 0.2) is 29.2 Å². The SMILES string of the molecule is N#Cc1ccc(S(=O)(=O)CCN2CCCC(N3CCCC3)C2)cc1. The molecule has 0 spiro atoms. The summed E-state index contributed by atoms with van der Waals surface area (Å²) < 4.78 is 25.0. The molecule has 5 nitrogen and oxygen atoms in total. The van der Waals surface area contributed by atoms with Gasteiger partial charge in [0.2, 0.25) is 0 Å². The maximum atomic E-state index is 12.5. The van der Waals surface area contributed by atoms with Gasteiger partial charge < -0.3 is 4.90 Å². The number of likely N-dealkylation sites (tertiary alicyclic amines) is 2. The van der Waals surface area contributed by atoms with Gasteiger partial charge in [0.25, 0.3) is 0 Å². The number of piperidine rings is 1. The summed E-state index contributed by atoms with van der Waals surface area (Å²) in [6.45, 7) is 4.97. The molecule has 0 aromatic heterocycles. The van der Waals surface area contributed by atoms with E-state index in [1.165, 1.54) is 44.5 Å². The van der Waals surface area contributed by atoms with E-state index in [4.69, 9.17) is 5.26 Å². The van der Waals surface area contributed by atoms with E-state index in [-0.39, 0.29) is 5.75 Å². The van der Waals surface area contributed by atoms with Crippen LogP contribution < -0.4 is 0 Å². The summed E-state index contributed by atoms with van der Waals surface area (Å²) in [4.78, 5) is 5.18. The quantitative estimate of drug-likeness (QED) is 0.814. The lowest BCUT2D eigenvalue weighted by atomic mass is 10.0. The largest absolute Gasteiger partial charge is 0.301 e. The average molecular weight is 347 g/mol. The van der Waals surface area contributed by atoms with E-state index in [0.29, 0.717) is 23.0 Å². The van der Waals surface area contributed by atoms with Crippen molar-refractivity contribution in [3.05, 3.63) is 29.8 Å². The van der Waals surface area contributed by atoms with Crippen LogP contribution in [-0.4, -0.2) is 62.7 Å². The fraction of sp³-hybridized carbons (Fsp3) is 0.611. The van der Waals surface area contributed by atoms with E-state index in [1.54, 1.807) is 12.1 Å². The van der Waals surface area contributed by atoms with Crippen LogP contribution >= 0.6 is 0 Å². The van der Waals surface area contributed by atoms with Gasteiger partial charge in [0.1, 0.15) is 0 Å². The zero-order valence-electron chi connectivity index (χ0n) is 14.0. The summed E-state index contributed by atoms with van der Waals surface area (Å²) in [6.07, 6.45) is 4.98. The second-order valence-electron chi connectivity index (χ2n) is 6.79. The van der Waals surface area contributed by atoms with Crippen molar-refractivity contribution < 1.29 is 8.42 Å². The molecule has 0 radical (unpaired) electrons. The van der Waals surface area contributed by atoms with E-state index in [9.17, 15) is 8.42 Å². The Labute approximate surface area is 144 Å². The molecule has 2 aliphatic heterocycles. The van der Waals surface area contributed by atoms with Gasteiger partial charge >= 0.3 is 0 Å². The molecule has 1 atom stereocenters. The third-order valence-electron chi connectivity index (χ3n) is 5.16. The van der Waals surface area contributed by atoms with Crippen LogP contribution in [0.4, 0.5) is 0 Å². The highest BCUT2D eigenvalue weighted by molar-refractivity contribution is 7.91. The first kappa shape index (κ1) is 17.4. The molecule has 1 aromatic rings. The topological polar surface area (TPSA) is 64.4 Å². The summed E-state index contributed by atoms with van der Waals surface area (Å²) in [5.41, 5.74) is 0.485. The maximum absolute atomic E-state index is 12.5. The molecule has 0 saturated carbocycles. The number of rotatable bonds is 5. The molecule has 1 aromatic carbocycles. The Morgan fingerprint density at radius 3 is 2.46 bits per heavy atom. The highest BCUT2D eigenvalue weighted by Crippen LogP contribution is 2.21. The lowest BCUT2D eigenvalue weighted by molar-refractivity contribution is 0.120. The average Bonchev–Trinajstić information content (AvgIpc) is 3.15. The maximum Gasteiger partial charge on any atom is 0.179 e. The Morgan fingerprint density at radius 2 is 1.79 bits per heavy atom. The predicted molar refractivity (Wildman–Crippen MR) is 93.5 cm³/mol. The Balaban J connectivity index is 1.56. The first-order valence-corrected chi connectivity index (χ1v) is 10.4. The van der Waals surface area contributed by atoms with Crippen molar-refractivity contribution in [1.29, 1.82) is 5.26 Å². The van der Waals surface area contributed by atoms with Crippen LogP contribution in [0.1, 0.15) is 31.2 Å². The molecule has 2 fully saturated rings. The molecule has 6 heteroatoms. The molecule has 0 bridgehead atoms. The molecule has 2 heterocycles. The van der Waals surface area contributed by atoms with Gasteiger partial charge in [-0.25, -0.2) is 8.42 Å². The number of nitriles is 1. The van der Waals surface area contributed by atoms with E-state index >= 15 is 0 Å². The standard InChI is InChI=1S/C18H25N3O2S/c19-14-16-5-7-18(8-6-16)24(22,23)13-12-20-9-3-4-17(15-20)21-10-1-2-11-21/h5-8,17H,1-4,9-13,15H2. The van der Waals surface area contributed by atoms with Gasteiger partial charge in [-0.3, -0.25) is 4.90 Å². The lowest BCUT2D eigenvalue weighted by Gasteiger charge is -2.37. The highest BCUT2D eigenvalue weighted by Gasteiger charge is 2.27. The Morgan fingerprint density at radius 1 is 1.08 bits per heavy atom. The Bertz CT molecular complexity index is 688. The number of sulfone groups is 1. The van der Waals surface area contributed by atoms with Gasteiger partial charge in [-0.05, 0) is 69.6 Å². The number of hydrogen-bond donors (Lipinski definition) is 0. The van der Waals surface area contributed by atoms with Crippen LogP contribution in [0.3, 0.4) is 0 Å². The number of hydrogen-bond acceptors (Lipinski definition) is 5. The van der Waals surface area contributed by atoms with Crippen LogP contribution in [0, 0.1) is 11.3 Å². The van der Waals surface area contributed by atoms with E-state index in [1.807, 2.05) is 6.07 Å². The van der Waals surface area contributed by atoms with Crippen molar-refractivity contribution in [2.24, 2.45) is 0 Å². The van der Waals surface area contributed by atoms with Crippen molar-refractivity contribution in [1.82, 2.24) is 9.80 Å². The molecule has 0 aliphatic carbocycles. The van der Waals surface area contributed by atoms with Crippen molar-refractivity contribution in [3.8, 4) is 6.07 Å². The fourth-order valence-corrected chi connectivity index (χ4v) is 5.03. The molecular weight excluding hydrogens is 322 g/mol. The smallest absolute Gasteiger partial charge is 0.179 e. The predicted octanol–water partition coefficient (Wildman–Crippen LogP) is 1.89. The Hall–Kier alpha value is -1.42. The second-order valence-corrected chi connectivity index (χ2v) is 8.90. The first-order chi connectivity index (χ1) is 11.6. The number of benzene rings is 1. The van der Waals surface area contributed by atoms with Gasteiger partial charge in [-0.1, -0.05) is 0 Å². The normalized spacial score (nSPS) is 23.2. The van der Waals surface area contributed by atoms with Gasteiger partial charge in [0.05, 0.1) is 22.3 Å². The summed E-state index contributed by atoms with van der Waals surface area (Å²) in [7, 11) is -3.29.